The predicted octanol–water partition coefficient (Wildman–Crippen LogP) is 3.25. The summed E-state index contributed by atoms with van der Waals surface area (Å²) in [6, 6.07) is 1.59. The molecule has 4 rings (SSSR count). The monoisotopic (exact) mass is 441 g/mol. The first-order valence-electron chi connectivity index (χ1n) is 10.2. The zero-order chi connectivity index (χ0) is 22.2. The van der Waals surface area contributed by atoms with Crippen molar-refractivity contribution in [2.75, 3.05) is 19.0 Å². The van der Waals surface area contributed by atoms with Crippen LogP contribution in [-0.2, 0) is 9.53 Å². The lowest BCUT2D eigenvalue weighted by atomic mass is 9.57. The van der Waals surface area contributed by atoms with Crippen LogP contribution in [0.4, 0.5) is 10.1 Å². The highest BCUT2D eigenvalue weighted by atomic mass is 35.5. The molecule has 3 aliphatic rings. The molecule has 0 aromatic carbocycles. The predicted molar refractivity (Wildman–Crippen MR) is 111 cm³/mol. The molecule has 3 fully saturated rings. The number of hydrogen-bond donors (Lipinski definition) is 3. The molecule has 0 spiro atoms. The number of esters is 1. The van der Waals surface area contributed by atoms with Crippen LogP contribution in [0.5, 0.6) is 0 Å². The number of nitrogens with one attached hydrogen (secondary N) is 2. The van der Waals surface area contributed by atoms with Gasteiger partial charge in [-0.25, -0.2) is 9.37 Å². The van der Waals surface area contributed by atoms with Gasteiger partial charge in [0.05, 0.1) is 35.9 Å². The van der Waals surface area contributed by atoms with Crippen LogP contribution in [0, 0.1) is 5.41 Å². The van der Waals surface area contributed by atoms with Crippen molar-refractivity contribution < 1.29 is 23.8 Å². The normalized spacial score (nSPS) is 26.7. The molecule has 1 aromatic rings. The summed E-state index contributed by atoms with van der Waals surface area (Å²) in [7, 11) is 1.43. The minimum absolute atomic E-state index is 0.143. The van der Waals surface area contributed by atoms with E-state index in [0.717, 1.165) is 38.5 Å². The number of hydrogen-bond acceptors (Lipinski definition) is 6. The lowest BCUT2D eigenvalue weighted by Crippen LogP contribution is -2.53. The van der Waals surface area contributed by atoms with E-state index in [1.165, 1.54) is 27.2 Å². The number of nitrogens with zero attached hydrogens (tertiary/aromatic N) is 1. The third-order valence-electron chi connectivity index (χ3n) is 6.59. The van der Waals surface area contributed by atoms with Crippen LogP contribution in [0.2, 0.25) is 5.15 Å². The largest absolute Gasteiger partial charge is 0.469 e. The number of halogens is 2. The number of fused-ring (bicyclic) bond motifs is 3. The van der Waals surface area contributed by atoms with E-state index in [0.29, 0.717) is 5.69 Å². The molecule has 0 saturated heterocycles. The molecule has 1 amide bonds. The van der Waals surface area contributed by atoms with Gasteiger partial charge in [0, 0.05) is 11.7 Å². The van der Waals surface area contributed by atoms with Gasteiger partial charge >= 0.3 is 5.97 Å². The molecule has 1 aromatic heterocycles. The summed E-state index contributed by atoms with van der Waals surface area (Å²) < 4.78 is 19.0. The third-order valence-corrected chi connectivity index (χ3v) is 6.79. The number of pyridine rings is 1. The Morgan fingerprint density at radius 3 is 2.43 bits per heavy atom. The van der Waals surface area contributed by atoms with Crippen LogP contribution in [0.25, 0.3) is 0 Å². The van der Waals surface area contributed by atoms with E-state index < -0.39 is 23.1 Å². The summed E-state index contributed by atoms with van der Waals surface area (Å²) in [6.45, 7) is 2.37. The quantitative estimate of drug-likeness (QED) is 0.443. The average molecular weight is 442 g/mol. The first-order valence-corrected chi connectivity index (χ1v) is 10.5. The van der Waals surface area contributed by atoms with Crippen molar-refractivity contribution in [1.82, 2.24) is 10.3 Å². The van der Waals surface area contributed by atoms with E-state index in [2.05, 4.69) is 15.6 Å². The number of carbonyl (C=O) groups excluding carboxylic acids is 2. The molecule has 0 aliphatic heterocycles. The number of amides is 1. The van der Waals surface area contributed by atoms with Crippen LogP contribution in [0.1, 0.15) is 62.7 Å². The first kappa shape index (κ1) is 22.7. The second-order valence-electron chi connectivity index (χ2n) is 9.06. The van der Waals surface area contributed by atoms with Crippen molar-refractivity contribution in [3.05, 3.63) is 23.0 Å². The van der Waals surface area contributed by atoms with Gasteiger partial charge in [-0.1, -0.05) is 11.6 Å². The number of aliphatic hydroxyl groups is 1. The Kier molecular flexibility index (Phi) is 6.30. The molecule has 7 nitrogen and oxygen atoms in total. The van der Waals surface area contributed by atoms with Crippen molar-refractivity contribution in [2.24, 2.45) is 5.41 Å². The molecule has 166 valence electrons. The van der Waals surface area contributed by atoms with Crippen LogP contribution in [0.15, 0.2) is 12.3 Å². The van der Waals surface area contributed by atoms with Gasteiger partial charge < -0.3 is 20.5 Å². The Morgan fingerprint density at radius 1 is 1.30 bits per heavy atom. The van der Waals surface area contributed by atoms with Gasteiger partial charge in [-0.05, 0) is 58.4 Å². The molecule has 3 saturated carbocycles. The highest BCUT2D eigenvalue weighted by Gasteiger charge is 2.53. The van der Waals surface area contributed by atoms with E-state index in [-0.39, 0.29) is 28.8 Å². The lowest BCUT2D eigenvalue weighted by Gasteiger charge is -2.52. The highest BCUT2D eigenvalue weighted by Crippen LogP contribution is 2.54. The van der Waals surface area contributed by atoms with Gasteiger partial charge in [0.1, 0.15) is 11.3 Å². The smallest absolute Gasteiger partial charge is 0.311 e. The van der Waals surface area contributed by atoms with Gasteiger partial charge in [-0.15, -0.1) is 0 Å². The number of anilines is 1. The van der Waals surface area contributed by atoms with E-state index in [1.54, 1.807) is 6.07 Å². The van der Waals surface area contributed by atoms with E-state index >= 15 is 0 Å². The molecule has 0 radical (unpaired) electrons. The van der Waals surface area contributed by atoms with Crippen LogP contribution in [0.3, 0.4) is 0 Å². The summed E-state index contributed by atoms with van der Waals surface area (Å²) in [5.74, 6) is -0.643. The van der Waals surface area contributed by atoms with Crippen molar-refractivity contribution in [3.63, 3.8) is 0 Å². The van der Waals surface area contributed by atoms with Gasteiger partial charge in [0.15, 0.2) is 0 Å². The Balaban J connectivity index is 1.74. The highest BCUT2D eigenvalue weighted by molar-refractivity contribution is 6.29. The minimum atomic E-state index is -1.61. The van der Waals surface area contributed by atoms with Crippen molar-refractivity contribution in [2.45, 2.75) is 69.7 Å². The zero-order valence-electron chi connectivity index (χ0n) is 17.6. The SMILES string of the molecule is COC(=O)C12CCC(Nc3cc(Cl)ncc3C(=O)NC[C@@H](F)C(C)(C)O)(CC1)CC2. The molecule has 1 atom stereocenters. The first-order chi connectivity index (χ1) is 14.0. The number of alkyl halides is 1. The zero-order valence-corrected chi connectivity index (χ0v) is 18.3. The maximum Gasteiger partial charge on any atom is 0.311 e. The third kappa shape index (κ3) is 4.54. The Labute approximate surface area is 180 Å². The summed E-state index contributed by atoms with van der Waals surface area (Å²) in [6.07, 6.45) is 4.24. The van der Waals surface area contributed by atoms with Gasteiger partial charge in [0.2, 0.25) is 0 Å². The molecule has 3 N–H and O–H groups in total. The molecule has 30 heavy (non-hydrogen) atoms. The maximum absolute atomic E-state index is 14.0. The molecular formula is C21H29ClFN3O4. The second kappa shape index (κ2) is 8.30. The number of ether oxygens (including phenoxy) is 1. The van der Waals surface area contributed by atoms with Crippen LogP contribution >= 0.6 is 11.6 Å². The number of carbonyl (C=O) groups is 2. The molecule has 0 unspecified atom stereocenters. The minimum Gasteiger partial charge on any atom is -0.469 e. The summed E-state index contributed by atoms with van der Waals surface area (Å²) in [5.41, 5.74) is -1.42. The number of methoxy groups -OCH3 is 1. The van der Waals surface area contributed by atoms with Gasteiger partial charge in [-0.3, -0.25) is 9.59 Å². The summed E-state index contributed by atoms with van der Waals surface area (Å²) >= 11 is 6.07. The van der Waals surface area contributed by atoms with Crippen molar-refractivity contribution in [3.8, 4) is 0 Å². The summed E-state index contributed by atoms with van der Waals surface area (Å²) in [4.78, 5) is 28.9. The fourth-order valence-corrected chi connectivity index (χ4v) is 4.58. The Hall–Kier alpha value is -1.93. The van der Waals surface area contributed by atoms with Crippen LogP contribution in [-0.4, -0.2) is 52.9 Å². The second-order valence-corrected chi connectivity index (χ2v) is 9.45. The topological polar surface area (TPSA) is 101 Å². The Morgan fingerprint density at radius 2 is 1.90 bits per heavy atom. The van der Waals surface area contributed by atoms with Gasteiger partial charge in [-0.2, -0.15) is 0 Å². The van der Waals surface area contributed by atoms with E-state index in [1.807, 2.05) is 0 Å². The van der Waals surface area contributed by atoms with Crippen molar-refractivity contribution in [1.29, 1.82) is 0 Å². The molecule has 9 heteroatoms. The molecule has 1 heterocycles. The van der Waals surface area contributed by atoms with E-state index in [4.69, 9.17) is 16.3 Å². The Bertz CT molecular complexity index is 802. The molecule has 3 aliphatic carbocycles. The fraction of sp³-hybridized carbons (Fsp3) is 0.667. The average Bonchev–Trinajstić information content (AvgIpc) is 2.71. The maximum atomic E-state index is 14.0. The van der Waals surface area contributed by atoms with E-state index in [9.17, 15) is 19.1 Å². The number of aromatic nitrogens is 1. The van der Waals surface area contributed by atoms with Crippen molar-refractivity contribution >= 4 is 29.2 Å². The lowest BCUT2D eigenvalue weighted by molar-refractivity contribution is -0.159. The standard InChI is InChI=1S/C21H29ClFN3O4/c1-19(2,29)15(23)12-25-17(27)13-11-24-16(22)10-14(13)26-21-7-4-20(5-8-21,6-9-21)18(28)30-3/h10-11,15,29H,4-9,12H2,1-3H3,(H,24,26)(H,25,27)/t15-,20?,21?/m1/s1. The number of rotatable bonds is 7. The summed E-state index contributed by atoms with van der Waals surface area (Å²) in [5, 5.41) is 16.0. The molecular weight excluding hydrogens is 413 g/mol. The van der Waals surface area contributed by atoms with Gasteiger partial charge in [0.25, 0.3) is 5.91 Å². The fourth-order valence-electron chi connectivity index (χ4n) is 4.42. The van der Waals surface area contributed by atoms with Crippen LogP contribution < -0.4 is 10.6 Å². The molecule has 2 bridgehead atoms.